The zero-order valence-electron chi connectivity index (χ0n) is 11.8. The number of aliphatic imine (C=N–C) groups is 1. The van der Waals surface area contributed by atoms with Gasteiger partial charge in [0.2, 0.25) is 0 Å². The molecule has 0 atom stereocenters. The quantitative estimate of drug-likeness (QED) is 0.636. The van der Waals surface area contributed by atoms with Crippen LogP contribution in [0.1, 0.15) is 17.5 Å². The molecular weight excluding hydrogens is 281 g/mol. The van der Waals surface area contributed by atoms with Crippen molar-refractivity contribution in [1.82, 2.24) is 0 Å². The van der Waals surface area contributed by atoms with Crippen LogP contribution in [-0.4, -0.2) is 11.9 Å². The van der Waals surface area contributed by atoms with Crippen LogP contribution in [0.15, 0.2) is 65.3 Å². The van der Waals surface area contributed by atoms with Gasteiger partial charge in [0.05, 0.1) is 0 Å². The Labute approximate surface area is 127 Å². The summed E-state index contributed by atoms with van der Waals surface area (Å²) < 4.78 is 18.7. The Hall–Kier alpha value is -2.75. The fraction of sp³-hybridized carbons (Fsp3) is 0.111. The van der Waals surface area contributed by atoms with Gasteiger partial charge in [0, 0.05) is 6.42 Å². The minimum absolute atomic E-state index is 0.257. The smallest absolute Gasteiger partial charge is 0.363 e. The van der Waals surface area contributed by atoms with Crippen LogP contribution in [0.2, 0.25) is 0 Å². The SMILES string of the molecule is O=C1OC(CCc2ccccc2F)=N/C1=C/c1ccccc1. The molecule has 0 aliphatic carbocycles. The lowest BCUT2D eigenvalue weighted by Gasteiger charge is -2.01. The molecule has 1 heterocycles. The van der Waals surface area contributed by atoms with Gasteiger partial charge in [-0.05, 0) is 29.7 Å². The van der Waals surface area contributed by atoms with E-state index in [0.29, 0.717) is 24.3 Å². The van der Waals surface area contributed by atoms with Gasteiger partial charge >= 0.3 is 5.97 Å². The molecule has 0 bridgehead atoms. The second-order valence-electron chi connectivity index (χ2n) is 4.93. The maximum Gasteiger partial charge on any atom is 0.363 e. The van der Waals surface area contributed by atoms with Gasteiger partial charge in [-0.15, -0.1) is 0 Å². The largest absolute Gasteiger partial charge is 0.407 e. The van der Waals surface area contributed by atoms with E-state index in [0.717, 1.165) is 5.56 Å². The van der Waals surface area contributed by atoms with Crippen molar-refractivity contribution in [2.75, 3.05) is 0 Å². The molecule has 3 rings (SSSR count). The van der Waals surface area contributed by atoms with Gasteiger partial charge in [-0.2, -0.15) is 0 Å². The van der Waals surface area contributed by atoms with E-state index < -0.39 is 5.97 Å². The summed E-state index contributed by atoms with van der Waals surface area (Å²) in [5.74, 6) is -0.393. The summed E-state index contributed by atoms with van der Waals surface area (Å²) in [4.78, 5) is 16.0. The van der Waals surface area contributed by atoms with Crippen molar-refractivity contribution in [2.45, 2.75) is 12.8 Å². The Morgan fingerprint density at radius 2 is 1.73 bits per heavy atom. The van der Waals surface area contributed by atoms with Crippen molar-refractivity contribution >= 4 is 17.9 Å². The lowest BCUT2D eigenvalue weighted by atomic mass is 10.1. The molecule has 1 aliphatic rings. The van der Waals surface area contributed by atoms with Crippen LogP contribution in [0.5, 0.6) is 0 Å². The zero-order chi connectivity index (χ0) is 15.4. The highest BCUT2D eigenvalue weighted by molar-refractivity contribution is 6.07. The number of rotatable bonds is 4. The van der Waals surface area contributed by atoms with E-state index >= 15 is 0 Å². The van der Waals surface area contributed by atoms with Gasteiger partial charge in [-0.25, -0.2) is 14.2 Å². The van der Waals surface area contributed by atoms with Crippen molar-refractivity contribution < 1.29 is 13.9 Å². The number of ether oxygens (including phenoxy) is 1. The van der Waals surface area contributed by atoms with Crippen molar-refractivity contribution in [3.8, 4) is 0 Å². The highest BCUT2D eigenvalue weighted by Crippen LogP contribution is 2.18. The predicted molar refractivity (Wildman–Crippen MR) is 82.7 cm³/mol. The normalized spacial score (nSPS) is 15.8. The molecule has 2 aromatic carbocycles. The Balaban J connectivity index is 1.71. The Kier molecular flexibility index (Phi) is 4.10. The summed E-state index contributed by atoms with van der Waals surface area (Å²) in [5, 5.41) is 0. The molecule has 2 aromatic rings. The van der Waals surface area contributed by atoms with E-state index in [9.17, 15) is 9.18 Å². The number of cyclic esters (lactones) is 1. The molecule has 1 aliphatic heterocycles. The Morgan fingerprint density at radius 1 is 1.00 bits per heavy atom. The number of aryl methyl sites for hydroxylation is 1. The molecule has 0 fully saturated rings. The van der Waals surface area contributed by atoms with Crippen LogP contribution < -0.4 is 0 Å². The summed E-state index contributed by atoms with van der Waals surface area (Å²) in [6, 6.07) is 16.0. The zero-order valence-corrected chi connectivity index (χ0v) is 11.8. The Morgan fingerprint density at radius 3 is 2.50 bits per heavy atom. The number of carbonyl (C=O) groups is 1. The first kappa shape index (κ1) is 14.2. The molecule has 0 aromatic heterocycles. The topological polar surface area (TPSA) is 38.7 Å². The molecular formula is C18H14FNO2. The fourth-order valence-corrected chi connectivity index (χ4v) is 2.21. The van der Waals surface area contributed by atoms with Crippen LogP contribution in [0.25, 0.3) is 6.08 Å². The number of hydrogen-bond acceptors (Lipinski definition) is 3. The standard InChI is InChI=1S/C18H14FNO2/c19-15-9-5-4-8-14(15)10-11-17-20-16(18(21)22-17)12-13-6-2-1-3-7-13/h1-9,12H,10-11H2/b16-12+. The van der Waals surface area contributed by atoms with Gasteiger partial charge in [0.25, 0.3) is 0 Å². The lowest BCUT2D eigenvalue weighted by molar-refractivity contribution is -0.130. The second kappa shape index (κ2) is 6.35. The first-order valence-electron chi connectivity index (χ1n) is 7.02. The van der Waals surface area contributed by atoms with Gasteiger partial charge in [0.15, 0.2) is 11.6 Å². The number of esters is 1. The van der Waals surface area contributed by atoms with Crippen LogP contribution in [0.3, 0.4) is 0 Å². The molecule has 22 heavy (non-hydrogen) atoms. The summed E-state index contributed by atoms with van der Waals surface area (Å²) in [6.07, 6.45) is 2.51. The Bertz CT molecular complexity index is 751. The molecule has 4 heteroatoms. The van der Waals surface area contributed by atoms with Crippen LogP contribution in [-0.2, 0) is 16.0 Å². The summed E-state index contributed by atoms with van der Waals surface area (Å²) in [6.45, 7) is 0. The highest BCUT2D eigenvalue weighted by atomic mass is 19.1. The van der Waals surface area contributed by atoms with Crippen molar-refractivity contribution in [3.63, 3.8) is 0 Å². The van der Waals surface area contributed by atoms with E-state index in [1.54, 1.807) is 24.3 Å². The summed E-state index contributed by atoms with van der Waals surface area (Å²) in [5.41, 5.74) is 1.74. The number of benzene rings is 2. The average molecular weight is 295 g/mol. The minimum Gasteiger partial charge on any atom is -0.407 e. The van der Waals surface area contributed by atoms with Crippen molar-refractivity contribution in [2.24, 2.45) is 4.99 Å². The van der Waals surface area contributed by atoms with Crippen molar-refractivity contribution in [1.29, 1.82) is 0 Å². The number of halogens is 1. The average Bonchev–Trinajstić information content (AvgIpc) is 2.88. The van der Waals surface area contributed by atoms with Gasteiger partial charge in [-0.3, -0.25) is 0 Å². The third-order valence-corrected chi connectivity index (χ3v) is 3.33. The molecule has 0 N–H and O–H groups in total. The van der Waals surface area contributed by atoms with E-state index in [4.69, 9.17) is 4.74 Å². The molecule has 3 nitrogen and oxygen atoms in total. The third-order valence-electron chi connectivity index (χ3n) is 3.33. The van der Waals surface area contributed by atoms with Gasteiger partial charge in [-0.1, -0.05) is 48.5 Å². The molecule has 0 unspecified atom stereocenters. The molecule has 0 amide bonds. The molecule has 0 saturated carbocycles. The van der Waals surface area contributed by atoms with E-state index in [2.05, 4.69) is 4.99 Å². The van der Waals surface area contributed by atoms with Crippen molar-refractivity contribution in [3.05, 3.63) is 77.2 Å². The van der Waals surface area contributed by atoms with Crippen LogP contribution in [0.4, 0.5) is 4.39 Å². The molecule has 0 radical (unpaired) electrons. The monoisotopic (exact) mass is 295 g/mol. The van der Waals surface area contributed by atoms with Crippen LogP contribution >= 0.6 is 0 Å². The van der Waals surface area contributed by atoms with Gasteiger partial charge in [0.1, 0.15) is 5.82 Å². The first-order valence-corrected chi connectivity index (χ1v) is 7.02. The first-order chi connectivity index (χ1) is 10.7. The highest BCUT2D eigenvalue weighted by Gasteiger charge is 2.22. The van der Waals surface area contributed by atoms with E-state index in [1.165, 1.54) is 6.07 Å². The minimum atomic E-state index is -0.465. The number of hydrogen-bond donors (Lipinski definition) is 0. The molecule has 110 valence electrons. The van der Waals surface area contributed by atoms with E-state index in [-0.39, 0.29) is 11.5 Å². The van der Waals surface area contributed by atoms with E-state index in [1.807, 2.05) is 30.3 Å². The maximum atomic E-state index is 13.5. The summed E-state index contributed by atoms with van der Waals surface area (Å²) >= 11 is 0. The number of carbonyl (C=O) groups excluding carboxylic acids is 1. The van der Waals surface area contributed by atoms with Gasteiger partial charge < -0.3 is 4.74 Å². The number of nitrogens with zero attached hydrogens (tertiary/aromatic N) is 1. The van der Waals surface area contributed by atoms with Crippen LogP contribution in [0, 0.1) is 5.82 Å². The molecule has 0 saturated heterocycles. The fourth-order valence-electron chi connectivity index (χ4n) is 2.21. The summed E-state index contributed by atoms with van der Waals surface area (Å²) in [7, 11) is 0. The second-order valence-corrected chi connectivity index (χ2v) is 4.93. The predicted octanol–water partition coefficient (Wildman–Crippen LogP) is 3.75. The molecule has 0 spiro atoms. The lowest BCUT2D eigenvalue weighted by Crippen LogP contribution is -2.05. The maximum absolute atomic E-state index is 13.5. The third kappa shape index (κ3) is 3.28.